The van der Waals surface area contributed by atoms with Crippen LogP contribution in [0.15, 0.2) is 28.8 Å². The summed E-state index contributed by atoms with van der Waals surface area (Å²) in [5.41, 5.74) is 0.686. The van der Waals surface area contributed by atoms with E-state index in [1.165, 1.54) is 0 Å². The highest BCUT2D eigenvalue weighted by atomic mass is 16.6. The van der Waals surface area contributed by atoms with Gasteiger partial charge in [0, 0.05) is 24.5 Å². The van der Waals surface area contributed by atoms with Crippen molar-refractivity contribution in [1.29, 1.82) is 0 Å². The fourth-order valence-corrected chi connectivity index (χ4v) is 6.12. The number of fused-ring (bicyclic) bond motifs is 1. The van der Waals surface area contributed by atoms with E-state index >= 15 is 0 Å². The number of methoxy groups -OCH3 is 1. The van der Waals surface area contributed by atoms with E-state index in [-0.39, 0.29) is 41.4 Å². The summed E-state index contributed by atoms with van der Waals surface area (Å²) in [7, 11) is 1.62. The maximum atomic E-state index is 14.0. The van der Waals surface area contributed by atoms with E-state index in [1.807, 2.05) is 19.9 Å². The number of nitrogens with one attached hydrogen (secondary N) is 1. The normalized spacial score (nSPS) is 32.4. The van der Waals surface area contributed by atoms with Crippen molar-refractivity contribution in [2.45, 2.75) is 77.0 Å². The average molecular weight is 500 g/mol. The fraction of sp³-hybridized carbons (Fsp3) is 0.679. The topological polar surface area (TPSA) is 115 Å². The van der Waals surface area contributed by atoms with Crippen molar-refractivity contribution in [1.82, 2.24) is 5.32 Å². The number of Topliss-reactive ketones (excluding diaryl/α,β-unsaturated/α-hetero) is 1. The molecule has 4 aliphatic rings. The van der Waals surface area contributed by atoms with Gasteiger partial charge in [-0.1, -0.05) is 51.3 Å². The van der Waals surface area contributed by atoms with Gasteiger partial charge in [-0.3, -0.25) is 14.4 Å². The summed E-state index contributed by atoms with van der Waals surface area (Å²) in [4.78, 5) is 56.3. The molecular weight excluding hydrogens is 460 g/mol. The number of aliphatic hydroxyl groups is 2. The Labute approximate surface area is 213 Å². The van der Waals surface area contributed by atoms with E-state index in [0.717, 1.165) is 38.6 Å². The third-order valence-electron chi connectivity index (χ3n) is 8.15. The first-order valence-electron chi connectivity index (χ1n) is 13.3. The summed E-state index contributed by atoms with van der Waals surface area (Å²) in [5.74, 6) is -1.75. The molecule has 7 atom stereocenters. The molecule has 0 bridgehead atoms. The van der Waals surface area contributed by atoms with Gasteiger partial charge in [0.05, 0.1) is 24.3 Å². The molecule has 0 aromatic carbocycles. The molecule has 8 heteroatoms. The number of hydrogen-bond acceptors (Lipinski definition) is 5. The van der Waals surface area contributed by atoms with Crippen LogP contribution in [0.5, 0.6) is 0 Å². The molecule has 2 N–H and O–H groups in total. The van der Waals surface area contributed by atoms with Crippen LogP contribution in [-0.4, -0.2) is 66.3 Å². The lowest BCUT2D eigenvalue weighted by Gasteiger charge is -2.30. The second-order valence-electron chi connectivity index (χ2n) is 10.9. The molecule has 7 unspecified atom stereocenters. The summed E-state index contributed by atoms with van der Waals surface area (Å²) >= 11 is 0. The molecule has 4 rings (SSSR count). The Morgan fingerprint density at radius 2 is 2.00 bits per heavy atom. The SMILES string of the molecule is COC1C=CC(C(=O)N=C(C(=O)C2C(C(=O)NC(C=O)CC3C[OH+]3)CC3CCCCC32)C(C)C)=CC1. The lowest BCUT2D eigenvalue weighted by molar-refractivity contribution is -0.132. The number of ketones is 1. The summed E-state index contributed by atoms with van der Waals surface area (Å²) in [6.45, 7) is 4.45. The van der Waals surface area contributed by atoms with Crippen LogP contribution in [0, 0.1) is 29.6 Å². The minimum Gasteiger partial charge on any atom is -0.420 e. The van der Waals surface area contributed by atoms with Crippen molar-refractivity contribution in [2.24, 2.45) is 34.6 Å². The van der Waals surface area contributed by atoms with Gasteiger partial charge in [0.1, 0.15) is 6.29 Å². The molecule has 36 heavy (non-hydrogen) atoms. The predicted octanol–water partition coefficient (Wildman–Crippen LogP) is 2.51. The predicted molar refractivity (Wildman–Crippen MR) is 135 cm³/mol. The molecule has 8 nitrogen and oxygen atoms in total. The zero-order chi connectivity index (χ0) is 25.8. The molecule has 0 aromatic rings. The van der Waals surface area contributed by atoms with Crippen LogP contribution in [0.2, 0.25) is 0 Å². The molecule has 2 amide bonds. The fourth-order valence-electron chi connectivity index (χ4n) is 6.12. The highest BCUT2D eigenvalue weighted by molar-refractivity contribution is 6.43. The van der Waals surface area contributed by atoms with E-state index in [9.17, 15) is 19.2 Å². The van der Waals surface area contributed by atoms with Crippen molar-refractivity contribution in [2.75, 3.05) is 13.7 Å². The molecule has 0 spiro atoms. The second kappa shape index (κ2) is 11.7. The smallest absolute Gasteiger partial charge is 0.277 e. The third-order valence-corrected chi connectivity index (χ3v) is 8.15. The third kappa shape index (κ3) is 6.09. The summed E-state index contributed by atoms with van der Waals surface area (Å²) in [6, 6.07) is -0.590. The van der Waals surface area contributed by atoms with Gasteiger partial charge >= 0.3 is 0 Å². The van der Waals surface area contributed by atoms with Crippen LogP contribution < -0.4 is 5.32 Å². The van der Waals surface area contributed by atoms with E-state index < -0.39 is 23.8 Å². The van der Waals surface area contributed by atoms with E-state index in [0.29, 0.717) is 30.8 Å². The highest BCUT2D eigenvalue weighted by Gasteiger charge is 2.51. The van der Waals surface area contributed by atoms with Crippen LogP contribution in [-0.2, 0) is 23.9 Å². The molecule has 1 aliphatic heterocycles. The Bertz CT molecular complexity index is 963. The Morgan fingerprint density at radius 3 is 2.61 bits per heavy atom. The van der Waals surface area contributed by atoms with E-state index in [1.54, 1.807) is 19.3 Å². The zero-order valence-electron chi connectivity index (χ0n) is 21.5. The van der Waals surface area contributed by atoms with Crippen molar-refractivity contribution in [3.63, 3.8) is 0 Å². The number of nitrogens with zero attached hydrogens (tertiary/aromatic N) is 1. The molecular formula is C28H39N2O6+. The number of carbonyl (C=O) groups is 4. The standard InChI is InChI=1S/C28H38N2O6/c1-16(2)25(30-27(33)17-8-10-20(35-3)11-9-17)26(32)24-22-7-5-4-6-18(22)12-23(24)28(34)29-19(14-31)13-21-15-36-21/h8-10,14,16,18-24H,4-7,11-13,15H2,1-3H3,(H,29,34)/p+1. The lowest BCUT2D eigenvalue weighted by atomic mass is 9.74. The van der Waals surface area contributed by atoms with Gasteiger partial charge in [-0.25, -0.2) is 4.99 Å². The summed E-state index contributed by atoms with van der Waals surface area (Å²) in [5, 5.41) is 2.89. The van der Waals surface area contributed by atoms with Gasteiger partial charge in [0.25, 0.3) is 5.91 Å². The molecule has 0 aromatic heterocycles. The first-order chi connectivity index (χ1) is 17.3. The summed E-state index contributed by atoms with van der Waals surface area (Å²) in [6.07, 6.45) is 11.9. The van der Waals surface area contributed by atoms with E-state index in [4.69, 9.17) is 4.74 Å². The quantitative estimate of drug-likeness (QED) is 0.215. The Kier molecular flexibility index (Phi) is 8.67. The van der Waals surface area contributed by atoms with Crippen LogP contribution in [0.1, 0.15) is 58.8 Å². The number of aliphatic imine (C=N–C) groups is 1. The number of epoxide rings is 1. The minimum atomic E-state index is -0.590. The first-order valence-corrected chi connectivity index (χ1v) is 13.3. The number of amides is 2. The maximum Gasteiger partial charge on any atom is 0.277 e. The Hall–Kier alpha value is -2.45. The number of carbonyl (C=O) groups excluding carboxylic acids is 4. The van der Waals surface area contributed by atoms with Crippen LogP contribution in [0.3, 0.4) is 0 Å². The van der Waals surface area contributed by atoms with Gasteiger partial charge in [0.15, 0.2) is 5.78 Å². The molecule has 0 radical (unpaired) electrons. The number of ether oxygens (including phenoxy) is 2. The van der Waals surface area contributed by atoms with Gasteiger partial charge < -0.3 is 19.6 Å². The molecule has 2 saturated carbocycles. The average Bonchev–Trinajstić information content (AvgIpc) is 3.62. The largest absolute Gasteiger partial charge is 0.420 e. The van der Waals surface area contributed by atoms with E-state index in [2.05, 4.69) is 15.0 Å². The second-order valence-corrected chi connectivity index (χ2v) is 10.9. The number of hydrogen-bond donors (Lipinski definition) is 1. The number of aldehydes is 1. The van der Waals surface area contributed by atoms with Crippen LogP contribution in [0.4, 0.5) is 0 Å². The van der Waals surface area contributed by atoms with Crippen LogP contribution >= 0.6 is 0 Å². The van der Waals surface area contributed by atoms with Crippen molar-refractivity contribution in [3.05, 3.63) is 23.8 Å². The molecule has 3 aliphatic carbocycles. The first kappa shape index (κ1) is 26.6. The Balaban J connectivity index is 1.56. The van der Waals surface area contributed by atoms with Gasteiger partial charge in [-0.15, -0.1) is 0 Å². The van der Waals surface area contributed by atoms with Gasteiger partial charge in [-0.2, -0.15) is 0 Å². The molecule has 196 valence electrons. The zero-order valence-corrected chi connectivity index (χ0v) is 21.5. The van der Waals surface area contributed by atoms with Crippen LogP contribution in [0.25, 0.3) is 0 Å². The summed E-state index contributed by atoms with van der Waals surface area (Å²) < 4.78 is 9.48. The molecule has 1 heterocycles. The molecule has 1 saturated heterocycles. The molecule has 3 fully saturated rings. The monoisotopic (exact) mass is 499 g/mol. The lowest BCUT2D eigenvalue weighted by Crippen LogP contribution is -2.45. The number of rotatable bonds is 10. The minimum absolute atomic E-state index is 0.0681. The van der Waals surface area contributed by atoms with Crippen molar-refractivity contribution < 1.29 is 28.7 Å². The maximum absolute atomic E-state index is 14.0. The van der Waals surface area contributed by atoms with Crippen molar-refractivity contribution >= 4 is 29.6 Å². The van der Waals surface area contributed by atoms with Crippen molar-refractivity contribution in [3.8, 4) is 0 Å². The highest BCUT2D eigenvalue weighted by Crippen LogP contribution is 2.50. The van der Waals surface area contributed by atoms with Gasteiger partial charge in [-0.05, 0) is 37.0 Å². The van der Waals surface area contributed by atoms with Gasteiger partial charge in [0.2, 0.25) is 18.6 Å². The Morgan fingerprint density at radius 1 is 1.25 bits per heavy atom.